The van der Waals surface area contributed by atoms with Gasteiger partial charge in [0.15, 0.2) is 11.5 Å². The summed E-state index contributed by atoms with van der Waals surface area (Å²) in [6.07, 6.45) is 1.51. The van der Waals surface area contributed by atoms with Gasteiger partial charge >= 0.3 is 0 Å². The van der Waals surface area contributed by atoms with E-state index in [1.54, 1.807) is 18.2 Å². The fourth-order valence-corrected chi connectivity index (χ4v) is 5.35. The van der Waals surface area contributed by atoms with Crippen molar-refractivity contribution in [1.82, 2.24) is 5.32 Å². The van der Waals surface area contributed by atoms with Crippen LogP contribution < -0.4 is 10.1 Å². The Morgan fingerprint density at radius 3 is 2.38 bits per heavy atom. The van der Waals surface area contributed by atoms with Crippen LogP contribution in [0.2, 0.25) is 0 Å². The van der Waals surface area contributed by atoms with E-state index in [0.29, 0.717) is 24.8 Å². The molecule has 1 heterocycles. The predicted octanol–water partition coefficient (Wildman–Crippen LogP) is 6.75. The van der Waals surface area contributed by atoms with E-state index in [-0.39, 0.29) is 34.3 Å². The molecule has 1 unspecified atom stereocenters. The van der Waals surface area contributed by atoms with Crippen LogP contribution in [-0.2, 0) is 6.42 Å². The number of ether oxygens (including phenoxy) is 1. The number of rotatable bonds is 8. The third kappa shape index (κ3) is 5.46. The Hall–Kier alpha value is -3.47. The summed E-state index contributed by atoms with van der Waals surface area (Å²) in [5.41, 5.74) is 6.92. The van der Waals surface area contributed by atoms with Gasteiger partial charge in [-0.05, 0) is 78.0 Å². The van der Waals surface area contributed by atoms with Crippen molar-refractivity contribution in [3.63, 3.8) is 0 Å². The Labute approximate surface area is 220 Å². The van der Waals surface area contributed by atoms with E-state index in [9.17, 15) is 15.0 Å². The minimum absolute atomic E-state index is 0.0188. The fraction of sp³-hybridized carbons (Fsp3) is 0.406. The molecule has 5 nitrogen and oxygen atoms in total. The highest BCUT2D eigenvalue weighted by Gasteiger charge is 2.34. The van der Waals surface area contributed by atoms with Gasteiger partial charge in [0.05, 0.1) is 12.2 Å². The number of phenols is 2. The minimum Gasteiger partial charge on any atom is -0.507 e. The highest BCUT2D eigenvalue weighted by atomic mass is 16.5. The van der Waals surface area contributed by atoms with E-state index in [1.807, 2.05) is 6.92 Å². The number of hydrogen-bond donors (Lipinski definition) is 3. The Kier molecular flexibility index (Phi) is 7.54. The van der Waals surface area contributed by atoms with Gasteiger partial charge in [0, 0.05) is 18.0 Å². The van der Waals surface area contributed by atoms with Crippen LogP contribution in [0.1, 0.15) is 89.7 Å². The van der Waals surface area contributed by atoms with Gasteiger partial charge in [-0.2, -0.15) is 0 Å². The molecule has 196 valence electrons. The van der Waals surface area contributed by atoms with E-state index >= 15 is 0 Å². The molecular formula is C32H39NO4. The van der Waals surface area contributed by atoms with Crippen LogP contribution in [0, 0.1) is 19.3 Å². The first-order chi connectivity index (χ1) is 17.5. The Bertz CT molecular complexity index is 1290. The summed E-state index contributed by atoms with van der Waals surface area (Å²) in [7, 11) is 0. The molecular weight excluding hydrogens is 462 g/mol. The molecule has 37 heavy (non-hydrogen) atoms. The third-order valence-electron chi connectivity index (χ3n) is 7.76. The van der Waals surface area contributed by atoms with Crippen molar-refractivity contribution >= 4 is 5.91 Å². The van der Waals surface area contributed by atoms with Crippen LogP contribution in [0.5, 0.6) is 17.2 Å². The van der Waals surface area contributed by atoms with Gasteiger partial charge in [-0.1, -0.05) is 64.1 Å². The van der Waals surface area contributed by atoms with Gasteiger partial charge in [0.25, 0.3) is 5.91 Å². The van der Waals surface area contributed by atoms with Gasteiger partial charge in [-0.25, -0.2) is 0 Å². The van der Waals surface area contributed by atoms with Gasteiger partial charge in [-0.15, -0.1) is 0 Å². The lowest BCUT2D eigenvalue weighted by Crippen LogP contribution is -2.29. The Morgan fingerprint density at radius 2 is 1.73 bits per heavy atom. The molecule has 0 spiro atoms. The fourth-order valence-electron chi connectivity index (χ4n) is 5.35. The second kappa shape index (κ2) is 10.5. The number of amides is 1. The van der Waals surface area contributed by atoms with E-state index in [0.717, 1.165) is 29.5 Å². The summed E-state index contributed by atoms with van der Waals surface area (Å²) in [5.74, 6) is 1.12. The average molecular weight is 502 g/mol. The summed E-state index contributed by atoms with van der Waals surface area (Å²) in [5, 5.41) is 24.0. The van der Waals surface area contributed by atoms with Crippen LogP contribution in [0.25, 0.3) is 0 Å². The van der Waals surface area contributed by atoms with Gasteiger partial charge in [0.1, 0.15) is 5.75 Å². The van der Waals surface area contributed by atoms with Crippen molar-refractivity contribution in [3.05, 3.63) is 87.5 Å². The molecule has 1 atom stereocenters. The molecule has 0 aromatic heterocycles. The molecule has 0 saturated heterocycles. The summed E-state index contributed by atoms with van der Waals surface area (Å²) < 4.78 is 6.05. The summed E-state index contributed by atoms with van der Waals surface area (Å²) >= 11 is 0. The second-order valence-corrected chi connectivity index (χ2v) is 11.4. The van der Waals surface area contributed by atoms with Crippen molar-refractivity contribution in [3.8, 4) is 17.2 Å². The Morgan fingerprint density at radius 1 is 1.05 bits per heavy atom. The van der Waals surface area contributed by atoms with Gasteiger partial charge in [0.2, 0.25) is 0 Å². The lowest BCUT2D eigenvalue weighted by molar-refractivity contribution is 0.0946. The molecule has 0 aliphatic carbocycles. The molecule has 1 aliphatic rings. The topological polar surface area (TPSA) is 78.8 Å². The zero-order chi connectivity index (χ0) is 26.9. The Balaban J connectivity index is 1.53. The highest BCUT2D eigenvalue weighted by Crippen LogP contribution is 2.49. The van der Waals surface area contributed by atoms with Crippen LogP contribution in [0.15, 0.2) is 48.5 Å². The maximum atomic E-state index is 12.5. The predicted molar refractivity (Wildman–Crippen MR) is 148 cm³/mol. The highest BCUT2D eigenvalue weighted by molar-refractivity contribution is 5.96. The van der Waals surface area contributed by atoms with E-state index in [1.165, 1.54) is 22.8 Å². The van der Waals surface area contributed by atoms with E-state index in [4.69, 9.17) is 4.74 Å². The maximum Gasteiger partial charge on any atom is 0.255 e. The number of benzene rings is 3. The van der Waals surface area contributed by atoms with Crippen LogP contribution >= 0.6 is 0 Å². The summed E-state index contributed by atoms with van der Waals surface area (Å²) in [4.78, 5) is 12.5. The molecule has 0 fully saturated rings. The zero-order valence-electron chi connectivity index (χ0n) is 22.8. The van der Waals surface area contributed by atoms with Crippen LogP contribution in [0.3, 0.4) is 0 Å². The zero-order valence-corrected chi connectivity index (χ0v) is 22.8. The summed E-state index contributed by atoms with van der Waals surface area (Å²) in [6.45, 7) is 13.9. The van der Waals surface area contributed by atoms with Crippen molar-refractivity contribution in [2.75, 3.05) is 13.2 Å². The monoisotopic (exact) mass is 501 g/mol. The number of carbonyl (C=O) groups is 1. The normalized spacial score (nSPS) is 14.9. The summed E-state index contributed by atoms with van der Waals surface area (Å²) in [6, 6.07) is 15.3. The lowest BCUT2D eigenvalue weighted by atomic mass is 9.77. The molecule has 3 aromatic rings. The first-order valence-corrected chi connectivity index (χ1v) is 13.1. The van der Waals surface area contributed by atoms with Crippen molar-refractivity contribution in [2.24, 2.45) is 5.41 Å². The quantitative estimate of drug-likeness (QED) is 0.319. The van der Waals surface area contributed by atoms with Crippen LogP contribution in [0.4, 0.5) is 0 Å². The average Bonchev–Trinajstić information content (AvgIpc) is 3.31. The molecule has 1 aliphatic heterocycles. The van der Waals surface area contributed by atoms with E-state index < -0.39 is 0 Å². The molecule has 1 amide bonds. The SMILES string of the molecule is Cc1c(O)c2c(c(C)c1CC(C)(C)CCNC(=O)c1ccccc1O)C(c1ccc(C(C)C)cc1)CO2. The number of phenolic OH excluding ortho intramolecular Hbond substituents is 2. The number of carbonyl (C=O) groups excluding carboxylic acids is 1. The molecule has 0 radical (unpaired) electrons. The number of hydrogen-bond acceptors (Lipinski definition) is 4. The van der Waals surface area contributed by atoms with Crippen molar-refractivity contribution < 1.29 is 19.7 Å². The first-order valence-electron chi connectivity index (χ1n) is 13.1. The molecule has 3 N–H and O–H groups in total. The largest absolute Gasteiger partial charge is 0.507 e. The van der Waals surface area contributed by atoms with E-state index in [2.05, 4.69) is 64.2 Å². The number of para-hydroxylation sites is 1. The van der Waals surface area contributed by atoms with Crippen LogP contribution in [-0.4, -0.2) is 29.3 Å². The minimum atomic E-state index is -0.278. The van der Waals surface area contributed by atoms with Crippen molar-refractivity contribution in [1.29, 1.82) is 0 Å². The number of nitrogens with one attached hydrogen (secondary N) is 1. The third-order valence-corrected chi connectivity index (χ3v) is 7.76. The lowest BCUT2D eigenvalue weighted by Gasteiger charge is -2.28. The molecule has 4 rings (SSSR count). The van der Waals surface area contributed by atoms with Crippen molar-refractivity contribution in [2.45, 2.75) is 66.2 Å². The first kappa shape index (κ1) is 26.6. The second-order valence-electron chi connectivity index (χ2n) is 11.4. The van der Waals surface area contributed by atoms with Gasteiger partial charge in [-0.3, -0.25) is 4.79 Å². The smallest absolute Gasteiger partial charge is 0.255 e. The maximum absolute atomic E-state index is 12.5. The number of aromatic hydroxyl groups is 2. The number of fused-ring (bicyclic) bond motifs is 1. The molecule has 0 bridgehead atoms. The molecule has 3 aromatic carbocycles. The van der Waals surface area contributed by atoms with Gasteiger partial charge < -0.3 is 20.3 Å². The molecule has 5 heteroatoms. The molecule has 0 saturated carbocycles. The standard InChI is InChI=1S/C32H39NO4/c1-19(2)22-11-13-23(14-12-22)26-18-37-30-28(26)20(3)25(21(4)29(30)35)17-32(5,6)15-16-33-31(36)24-9-7-8-10-27(24)34/h7-14,19,26,34-35H,15-18H2,1-6H3,(H,33,36).